The minimum Gasteiger partial charge on any atom is -0.493 e. The van der Waals surface area contributed by atoms with Crippen LogP contribution in [0.3, 0.4) is 0 Å². The number of ether oxygens (including phenoxy) is 2. The van der Waals surface area contributed by atoms with Crippen LogP contribution >= 0.6 is 15.9 Å². The first kappa shape index (κ1) is 13.3. The Morgan fingerprint density at radius 2 is 2.06 bits per heavy atom. The Balaban J connectivity index is 3.27. The van der Waals surface area contributed by atoms with E-state index in [-0.39, 0.29) is 16.3 Å². The molecule has 0 saturated carbocycles. The van der Waals surface area contributed by atoms with E-state index in [0.29, 0.717) is 23.5 Å². The van der Waals surface area contributed by atoms with Crippen LogP contribution in [0.4, 0.5) is 4.39 Å². The van der Waals surface area contributed by atoms with E-state index < -0.39 is 0 Å². The Morgan fingerprint density at radius 1 is 1.44 bits per heavy atom. The lowest BCUT2D eigenvalue weighted by Crippen LogP contribution is -2.18. The van der Waals surface area contributed by atoms with Crippen molar-refractivity contribution in [2.45, 2.75) is 19.4 Å². The lowest BCUT2D eigenvalue weighted by atomic mass is 10.1. The fraction of sp³-hybridized carbons (Fsp3) is 0.455. The molecule has 16 heavy (non-hydrogen) atoms. The van der Waals surface area contributed by atoms with E-state index in [1.165, 1.54) is 14.2 Å². The molecule has 1 atom stereocenters. The van der Waals surface area contributed by atoms with Gasteiger partial charge in [0.25, 0.3) is 0 Å². The van der Waals surface area contributed by atoms with E-state index in [1.54, 1.807) is 6.07 Å². The molecule has 5 heteroatoms. The Kier molecular flexibility index (Phi) is 4.56. The zero-order valence-electron chi connectivity index (χ0n) is 9.51. The number of hydrogen-bond donors (Lipinski definition) is 1. The number of hydrogen-bond acceptors (Lipinski definition) is 3. The predicted molar refractivity (Wildman–Crippen MR) is 64.6 cm³/mol. The highest BCUT2D eigenvalue weighted by atomic mass is 79.9. The van der Waals surface area contributed by atoms with Gasteiger partial charge in [-0.15, -0.1) is 0 Å². The van der Waals surface area contributed by atoms with Gasteiger partial charge >= 0.3 is 0 Å². The van der Waals surface area contributed by atoms with Gasteiger partial charge in [0.15, 0.2) is 11.5 Å². The van der Waals surface area contributed by atoms with E-state index >= 15 is 0 Å². The zero-order chi connectivity index (χ0) is 12.3. The van der Waals surface area contributed by atoms with Crippen molar-refractivity contribution < 1.29 is 13.9 Å². The third-order valence-electron chi connectivity index (χ3n) is 2.17. The number of rotatable bonds is 4. The molecule has 0 aliphatic carbocycles. The van der Waals surface area contributed by atoms with E-state index in [2.05, 4.69) is 15.9 Å². The maximum absolute atomic E-state index is 13.9. The first-order chi connectivity index (χ1) is 7.51. The highest BCUT2D eigenvalue weighted by molar-refractivity contribution is 9.10. The van der Waals surface area contributed by atoms with Crippen LogP contribution in [0.15, 0.2) is 10.5 Å². The van der Waals surface area contributed by atoms with Crippen molar-refractivity contribution in [1.29, 1.82) is 0 Å². The van der Waals surface area contributed by atoms with Gasteiger partial charge in [-0.1, -0.05) is 0 Å². The molecule has 0 aromatic heterocycles. The first-order valence-electron chi connectivity index (χ1n) is 4.85. The lowest BCUT2D eigenvalue weighted by Gasteiger charge is -2.14. The maximum Gasteiger partial charge on any atom is 0.177 e. The molecule has 0 aliphatic rings. The summed E-state index contributed by atoms with van der Waals surface area (Å²) in [5.41, 5.74) is 6.16. The average Bonchev–Trinajstić information content (AvgIpc) is 2.24. The van der Waals surface area contributed by atoms with Gasteiger partial charge in [0.2, 0.25) is 0 Å². The minimum atomic E-state index is -0.352. The largest absolute Gasteiger partial charge is 0.493 e. The molecule has 90 valence electrons. The summed E-state index contributed by atoms with van der Waals surface area (Å²) in [6.45, 7) is 1.82. The summed E-state index contributed by atoms with van der Waals surface area (Å²) in [5, 5.41) is 0. The van der Waals surface area contributed by atoms with Gasteiger partial charge < -0.3 is 15.2 Å². The molecule has 0 spiro atoms. The Morgan fingerprint density at radius 3 is 2.50 bits per heavy atom. The topological polar surface area (TPSA) is 44.5 Å². The molecular weight excluding hydrogens is 277 g/mol. The molecule has 1 rings (SSSR count). The summed E-state index contributed by atoms with van der Waals surface area (Å²) < 4.78 is 24.4. The molecule has 0 amide bonds. The fourth-order valence-corrected chi connectivity index (χ4v) is 2.09. The van der Waals surface area contributed by atoms with Crippen LogP contribution in [0.2, 0.25) is 0 Å². The first-order valence-corrected chi connectivity index (χ1v) is 5.65. The number of methoxy groups -OCH3 is 2. The monoisotopic (exact) mass is 291 g/mol. The van der Waals surface area contributed by atoms with Crippen LogP contribution in [-0.2, 0) is 6.42 Å². The van der Waals surface area contributed by atoms with Gasteiger partial charge in [-0.25, -0.2) is 4.39 Å². The van der Waals surface area contributed by atoms with Gasteiger partial charge in [0.1, 0.15) is 5.82 Å². The minimum absolute atomic E-state index is 0.112. The molecule has 3 nitrogen and oxygen atoms in total. The molecule has 1 aromatic rings. The molecule has 0 fully saturated rings. The molecule has 0 heterocycles. The Labute approximate surface area is 103 Å². The second kappa shape index (κ2) is 5.50. The highest BCUT2D eigenvalue weighted by Crippen LogP contribution is 2.39. The van der Waals surface area contributed by atoms with Crippen molar-refractivity contribution in [3.05, 3.63) is 21.9 Å². The van der Waals surface area contributed by atoms with Crippen LogP contribution in [-0.4, -0.2) is 20.3 Å². The van der Waals surface area contributed by atoms with Crippen molar-refractivity contribution in [3.63, 3.8) is 0 Å². The van der Waals surface area contributed by atoms with E-state index in [0.717, 1.165) is 0 Å². The van der Waals surface area contributed by atoms with E-state index in [4.69, 9.17) is 15.2 Å². The van der Waals surface area contributed by atoms with Gasteiger partial charge in [-0.05, 0) is 40.9 Å². The Bertz CT molecular complexity index is 383. The predicted octanol–water partition coefficient (Wildman–Crippen LogP) is 2.50. The SMILES string of the molecule is COc1cc(CC(C)N)c(F)c(Br)c1OC. The molecule has 1 unspecified atom stereocenters. The van der Waals surface area contributed by atoms with E-state index in [9.17, 15) is 4.39 Å². The summed E-state index contributed by atoms with van der Waals surface area (Å²) in [6, 6.07) is 1.50. The second-order valence-corrected chi connectivity index (χ2v) is 4.37. The lowest BCUT2D eigenvalue weighted by molar-refractivity contribution is 0.349. The van der Waals surface area contributed by atoms with Crippen molar-refractivity contribution in [3.8, 4) is 11.5 Å². The van der Waals surface area contributed by atoms with Crippen molar-refractivity contribution in [2.75, 3.05) is 14.2 Å². The summed E-state index contributed by atoms with van der Waals surface area (Å²) in [7, 11) is 2.98. The van der Waals surface area contributed by atoms with Crippen molar-refractivity contribution >= 4 is 15.9 Å². The van der Waals surface area contributed by atoms with Gasteiger partial charge in [0, 0.05) is 6.04 Å². The quantitative estimate of drug-likeness (QED) is 0.927. The van der Waals surface area contributed by atoms with Gasteiger partial charge in [0.05, 0.1) is 18.7 Å². The third kappa shape index (κ3) is 2.65. The molecule has 1 aromatic carbocycles. The zero-order valence-corrected chi connectivity index (χ0v) is 11.1. The third-order valence-corrected chi connectivity index (χ3v) is 2.88. The van der Waals surface area contributed by atoms with E-state index in [1.807, 2.05) is 6.92 Å². The average molecular weight is 292 g/mol. The molecule has 0 aliphatic heterocycles. The maximum atomic E-state index is 13.9. The van der Waals surface area contributed by atoms with Crippen molar-refractivity contribution in [1.82, 2.24) is 0 Å². The number of benzene rings is 1. The molecule has 0 radical (unpaired) electrons. The van der Waals surface area contributed by atoms with Crippen molar-refractivity contribution in [2.24, 2.45) is 5.73 Å². The van der Waals surface area contributed by atoms with Gasteiger partial charge in [-0.3, -0.25) is 0 Å². The fourth-order valence-electron chi connectivity index (χ4n) is 1.47. The molecule has 2 N–H and O–H groups in total. The normalized spacial score (nSPS) is 12.4. The van der Waals surface area contributed by atoms with Crippen LogP contribution in [0.25, 0.3) is 0 Å². The summed E-state index contributed by atoms with van der Waals surface area (Å²) in [6.07, 6.45) is 0.449. The number of halogens is 2. The summed E-state index contributed by atoms with van der Waals surface area (Å²) in [4.78, 5) is 0. The highest BCUT2D eigenvalue weighted by Gasteiger charge is 2.18. The summed E-state index contributed by atoms with van der Waals surface area (Å²) in [5.74, 6) is 0.495. The number of nitrogens with two attached hydrogens (primary N) is 1. The van der Waals surface area contributed by atoms with Crippen LogP contribution < -0.4 is 15.2 Å². The van der Waals surface area contributed by atoms with Gasteiger partial charge in [-0.2, -0.15) is 0 Å². The summed E-state index contributed by atoms with van der Waals surface area (Å²) >= 11 is 3.15. The smallest absolute Gasteiger partial charge is 0.177 e. The second-order valence-electron chi connectivity index (χ2n) is 3.58. The Hall–Kier alpha value is -0.810. The standard InChI is InChI=1S/C11H15BrFNO2/c1-6(14)4-7-5-8(15-2)11(16-3)9(12)10(7)13/h5-6H,4,14H2,1-3H3. The molecular formula is C11H15BrFNO2. The van der Waals surface area contributed by atoms with Crippen LogP contribution in [0.5, 0.6) is 11.5 Å². The molecule has 0 bridgehead atoms. The molecule has 0 saturated heterocycles. The van der Waals surface area contributed by atoms with Crippen LogP contribution in [0.1, 0.15) is 12.5 Å². The van der Waals surface area contributed by atoms with Crippen LogP contribution in [0, 0.1) is 5.82 Å².